The summed E-state index contributed by atoms with van der Waals surface area (Å²) in [5.74, 6) is 0.939. The second kappa shape index (κ2) is 8.47. The Morgan fingerprint density at radius 1 is 1.00 bits per heavy atom. The molecule has 0 atom stereocenters. The maximum atomic E-state index is 13.1. The summed E-state index contributed by atoms with van der Waals surface area (Å²) in [5.41, 5.74) is 4.83. The zero-order valence-corrected chi connectivity index (χ0v) is 18.0. The van der Waals surface area contributed by atoms with Crippen LogP contribution in [0.3, 0.4) is 0 Å². The molecule has 158 valence electrons. The lowest BCUT2D eigenvalue weighted by molar-refractivity contribution is 0.102. The Bertz CT molecular complexity index is 1220. The van der Waals surface area contributed by atoms with Gasteiger partial charge in [0.15, 0.2) is 5.65 Å². The number of aromatic nitrogens is 3. The number of anilines is 1. The molecule has 31 heavy (non-hydrogen) atoms. The molecule has 0 fully saturated rings. The first kappa shape index (κ1) is 20.4. The van der Waals surface area contributed by atoms with E-state index in [0.29, 0.717) is 40.3 Å². The quantitative estimate of drug-likeness (QED) is 0.505. The van der Waals surface area contributed by atoms with Crippen LogP contribution in [0.4, 0.5) is 5.69 Å². The van der Waals surface area contributed by atoms with E-state index in [4.69, 9.17) is 9.47 Å². The zero-order chi connectivity index (χ0) is 22.0. The molecule has 2 heterocycles. The molecule has 4 aromatic rings. The average Bonchev–Trinajstić information content (AvgIpc) is 3.16. The summed E-state index contributed by atoms with van der Waals surface area (Å²) in [5, 5.41) is 8.12. The molecule has 0 saturated carbocycles. The van der Waals surface area contributed by atoms with Gasteiger partial charge < -0.3 is 14.8 Å². The summed E-state index contributed by atoms with van der Waals surface area (Å²) in [7, 11) is 3.14. The van der Waals surface area contributed by atoms with Gasteiger partial charge in [0, 0.05) is 29.6 Å². The standard InChI is InChI=1S/C24H24N4O3/c1-15-5-7-17(8-6-15)14-28-23-22(13-25-28)21(9-16(2)26-23)24(29)27-18-10-19(30-3)12-20(11-18)31-4/h5-13H,14H2,1-4H3,(H,27,29). The normalized spacial score (nSPS) is 10.8. The van der Waals surface area contributed by atoms with E-state index < -0.39 is 0 Å². The lowest BCUT2D eigenvalue weighted by Gasteiger charge is -2.11. The van der Waals surface area contributed by atoms with Gasteiger partial charge in [-0.05, 0) is 25.5 Å². The lowest BCUT2D eigenvalue weighted by atomic mass is 10.1. The number of fused-ring (bicyclic) bond motifs is 1. The van der Waals surface area contributed by atoms with Crippen LogP contribution < -0.4 is 14.8 Å². The first-order valence-corrected chi connectivity index (χ1v) is 9.90. The molecule has 0 aliphatic rings. The Morgan fingerprint density at radius 3 is 2.32 bits per heavy atom. The van der Waals surface area contributed by atoms with Crippen molar-refractivity contribution in [3.8, 4) is 11.5 Å². The van der Waals surface area contributed by atoms with Crippen molar-refractivity contribution in [3.63, 3.8) is 0 Å². The molecule has 0 radical (unpaired) electrons. The molecule has 2 aromatic carbocycles. The van der Waals surface area contributed by atoms with Crippen LogP contribution in [-0.4, -0.2) is 34.9 Å². The number of nitrogens with zero attached hydrogens (tertiary/aromatic N) is 3. The van der Waals surface area contributed by atoms with Gasteiger partial charge in [0.1, 0.15) is 11.5 Å². The summed E-state index contributed by atoms with van der Waals surface area (Å²) < 4.78 is 12.4. The molecular formula is C24H24N4O3. The van der Waals surface area contributed by atoms with Gasteiger partial charge >= 0.3 is 0 Å². The molecule has 0 spiro atoms. The van der Waals surface area contributed by atoms with Crippen LogP contribution in [0.25, 0.3) is 11.0 Å². The fraction of sp³-hybridized carbons (Fsp3) is 0.208. The zero-order valence-electron chi connectivity index (χ0n) is 18.0. The smallest absolute Gasteiger partial charge is 0.256 e. The highest BCUT2D eigenvalue weighted by Gasteiger charge is 2.17. The first-order valence-electron chi connectivity index (χ1n) is 9.90. The van der Waals surface area contributed by atoms with Gasteiger partial charge in [0.05, 0.1) is 37.9 Å². The monoisotopic (exact) mass is 416 g/mol. The molecule has 1 N–H and O–H groups in total. The Labute approximate surface area is 180 Å². The van der Waals surface area contributed by atoms with Gasteiger partial charge in [-0.15, -0.1) is 0 Å². The van der Waals surface area contributed by atoms with E-state index >= 15 is 0 Å². The largest absolute Gasteiger partial charge is 0.497 e. The number of hydrogen-bond donors (Lipinski definition) is 1. The van der Waals surface area contributed by atoms with Crippen molar-refractivity contribution in [1.29, 1.82) is 0 Å². The highest BCUT2D eigenvalue weighted by atomic mass is 16.5. The van der Waals surface area contributed by atoms with Crippen LogP contribution in [0, 0.1) is 13.8 Å². The van der Waals surface area contributed by atoms with Gasteiger partial charge in [0.25, 0.3) is 5.91 Å². The molecule has 2 aromatic heterocycles. The molecule has 0 aliphatic carbocycles. The number of benzene rings is 2. The predicted molar refractivity (Wildman–Crippen MR) is 120 cm³/mol. The van der Waals surface area contributed by atoms with Crippen LogP contribution in [0.5, 0.6) is 11.5 Å². The number of pyridine rings is 1. The molecule has 0 bridgehead atoms. The van der Waals surface area contributed by atoms with Gasteiger partial charge in [-0.1, -0.05) is 29.8 Å². The average molecular weight is 416 g/mol. The highest BCUT2D eigenvalue weighted by Crippen LogP contribution is 2.27. The molecule has 7 nitrogen and oxygen atoms in total. The summed E-state index contributed by atoms with van der Waals surface area (Å²) in [6.45, 7) is 4.50. The van der Waals surface area contributed by atoms with E-state index in [1.807, 2.05) is 11.6 Å². The first-order chi connectivity index (χ1) is 15.0. The summed E-state index contributed by atoms with van der Waals surface area (Å²) in [6.07, 6.45) is 1.69. The van der Waals surface area contributed by atoms with E-state index in [1.165, 1.54) is 5.56 Å². The van der Waals surface area contributed by atoms with Gasteiger partial charge in [-0.25, -0.2) is 9.67 Å². The van der Waals surface area contributed by atoms with E-state index in [1.54, 1.807) is 44.7 Å². The minimum absolute atomic E-state index is 0.249. The van der Waals surface area contributed by atoms with Crippen LogP contribution in [-0.2, 0) is 6.54 Å². The van der Waals surface area contributed by atoms with Crippen molar-refractivity contribution < 1.29 is 14.3 Å². The van der Waals surface area contributed by atoms with Crippen molar-refractivity contribution in [2.75, 3.05) is 19.5 Å². The minimum atomic E-state index is -0.249. The molecule has 1 amide bonds. The molecular weight excluding hydrogens is 392 g/mol. The van der Waals surface area contributed by atoms with Crippen LogP contribution in [0.15, 0.2) is 54.7 Å². The summed E-state index contributed by atoms with van der Waals surface area (Å²) in [6, 6.07) is 15.3. The summed E-state index contributed by atoms with van der Waals surface area (Å²) >= 11 is 0. The lowest BCUT2D eigenvalue weighted by Crippen LogP contribution is -2.13. The minimum Gasteiger partial charge on any atom is -0.497 e. The third-order valence-corrected chi connectivity index (χ3v) is 5.04. The number of aryl methyl sites for hydroxylation is 2. The molecule has 0 aliphatic heterocycles. The maximum absolute atomic E-state index is 13.1. The van der Waals surface area contributed by atoms with E-state index in [0.717, 1.165) is 11.3 Å². The maximum Gasteiger partial charge on any atom is 0.256 e. The molecule has 0 unspecified atom stereocenters. The SMILES string of the molecule is COc1cc(NC(=O)c2cc(C)nc3c2cnn3Cc2ccc(C)cc2)cc(OC)c1. The number of hydrogen-bond acceptors (Lipinski definition) is 5. The second-order valence-corrected chi connectivity index (χ2v) is 7.39. The topological polar surface area (TPSA) is 78.3 Å². The van der Waals surface area contributed by atoms with Crippen LogP contribution in [0.1, 0.15) is 27.2 Å². The van der Waals surface area contributed by atoms with Crippen molar-refractivity contribution >= 4 is 22.6 Å². The Hall–Kier alpha value is -3.87. The third kappa shape index (κ3) is 4.35. The predicted octanol–water partition coefficient (Wildman–Crippen LogP) is 4.37. The van der Waals surface area contributed by atoms with Crippen LogP contribution in [0.2, 0.25) is 0 Å². The number of nitrogens with one attached hydrogen (secondary N) is 1. The van der Waals surface area contributed by atoms with Crippen molar-refractivity contribution in [3.05, 3.63) is 77.1 Å². The number of rotatable bonds is 6. The van der Waals surface area contributed by atoms with Crippen molar-refractivity contribution in [1.82, 2.24) is 14.8 Å². The highest BCUT2D eigenvalue weighted by molar-refractivity contribution is 6.12. The fourth-order valence-electron chi connectivity index (χ4n) is 3.42. The number of methoxy groups -OCH3 is 2. The van der Waals surface area contributed by atoms with Crippen molar-refractivity contribution in [2.45, 2.75) is 20.4 Å². The molecule has 0 saturated heterocycles. The van der Waals surface area contributed by atoms with E-state index in [2.05, 4.69) is 46.6 Å². The van der Waals surface area contributed by atoms with Crippen LogP contribution >= 0.6 is 0 Å². The van der Waals surface area contributed by atoms with E-state index in [-0.39, 0.29) is 5.91 Å². The number of amides is 1. The van der Waals surface area contributed by atoms with Gasteiger partial charge in [-0.2, -0.15) is 5.10 Å². The van der Waals surface area contributed by atoms with Gasteiger partial charge in [0.2, 0.25) is 0 Å². The fourth-order valence-corrected chi connectivity index (χ4v) is 3.42. The number of carbonyl (C=O) groups excluding carboxylic acids is 1. The number of ether oxygens (including phenoxy) is 2. The van der Waals surface area contributed by atoms with Crippen molar-refractivity contribution in [2.24, 2.45) is 0 Å². The Morgan fingerprint density at radius 2 is 1.68 bits per heavy atom. The number of carbonyl (C=O) groups is 1. The Kier molecular flexibility index (Phi) is 5.58. The Balaban J connectivity index is 1.67. The summed E-state index contributed by atoms with van der Waals surface area (Å²) in [4.78, 5) is 17.8. The molecule has 7 heteroatoms. The van der Waals surface area contributed by atoms with E-state index in [9.17, 15) is 4.79 Å². The second-order valence-electron chi connectivity index (χ2n) is 7.39. The third-order valence-electron chi connectivity index (χ3n) is 5.04. The molecule has 4 rings (SSSR count). The van der Waals surface area contributed by atoms with Gasteiger partial charge in [-0.3, -0.25) is 4.79 Å².